The second-order valence-corrected chi connectivity index (χ2v) is 11.3. The summed E-state index contributed by atoms with van der Waals surface area (Å²) in [6.45, 7) is 9.54. The lowest BCUT2D eigenvalue weighted by Crippen LogP contribution is -2.50. The zero-order chi connectivity index (χ0) is 19.4. The fourth-order valence-corrected chi connectivity index (χ4v) is 8.32. The van der Waals surface area contributed by atoms with Gasteiger partial charge in [0.05, 0.1) is 12.2 Å². The molecule has 4 rings (SSSR count). The van der Waals surface area contributed by atoms with Crippen LogP contribution in [0.4, 0.5) is 0 Å². The number of aliphatic hydroxyl groups is 2. The van der Waals surface area contributed by atoms with Gasteiger partial charge in [-0.2, -0.15) is 0 Å². The average molecular weight is 375 g/mol. The smallest absolute Gasteiger partial charge is 0.0577 e. The summed E-state index contributed by atoms with van der Waals surface area (Å²) in [5, 5.41) is 19.9. The number of hydrogen-bond acceptors (Lipinski definition) is 2. The molecule has 4 aliphatic carbocycles. The highest BCUT2D eigenvalue weighted by molar-refractivity contribution is 5.25. The summed E-state index contributed by atoms with van der Waals surface area (Å²) >= 11 is 0. The van der Waals surface area contributed by atoms with E-state index in [4.69, 9.17) is 0 Å². The van der Waals surface area contributed by atoms with Gasteiger partial charge in [0.2, 0.25) is 0 Å². The molecular weight excluding hydrogens is 332 g/mol. The van der Waals surface area contributed by atoms with Gasteiger partial charge in [-0.25, -0.2) is 0 Å². The predicted octanol–water partition coefficient (Wildman–Crippen LogP) is 5.72. The first-order valence-electron chi connectivity index (χ1n) is 11.8. The van der Waals surface area contributed by atoms with Gasteiger partial charge in [-0.05, 0) is 112 Å². The number of aliphatic hydroxyl groups excluding tert-OH is 2. The molecule has 3 saturated carbocycles. The molecule has 0 aromatic rings. The van der Waals surface area contributed by atoms with Crippen molar-refractivity contribution in [1.29, 1.82) is 0 Å². The lowest BCUT2D eigenvalue weighted by molar-refractivity contribution is -0.0577. The highest BCUT2D eigenvalue weighted by atomic mass is 16.3. The predicted molar refractivity (Wildman–Crippen MR) is 111 cm³/mol. The van der Waals surface area contributed by atoms with E-state index in [-0.39, 0.29) is 12.2 Å². The standard InChI is InChI=1S/C25H42O2/c1-16(5-6-17(2)26)21-9-10-22-20-8-7-18-15-19(27)11-13-24(18,3)23(20)12-14-25(21,22)4/h7,16-17,19-23,26-27H,5-6,8-15H2,1-4H3/t16?,17?,19-,20?,21+,22?,23?,24-,25+/m0/s1. The van der Waals surface area contributed by atoms with E-state index in [0.29, 0.717) is 10.8 Å². The van der Waals surface area contributed by atoms with Crippen molar-refractivity contribution in [2.45, 2.75) is 104 Å². The molecule has 2 nitrogen and oxygen atoms in total. The molecule has 0 amide bonds. The molecule has 0 aliphatic heterocycles. The maximum absolute atomic E-state index is 10.2. The monoisotopic (exact) mass is 374 g/mol. The first kappa shape index (κ1) is 20.0. The van der Waals surface area contributed by atoms with E-state index >= 15 is 0 Å². The Bertz CT molecular complexity index is 581. The van der Waals surface area contributed by atoms with E-state index in [2.05, 4.69) is 26.8 Å². The zero-order valence-corrected chi connectivity index (χ0v) is 18.1. The second-order valence-electron chi connectivity index (χ2n) is 11.3. The Hall–Kier alpha value is -0.340. The van der Waals surface area contributed by atoms with Crippen LogP contribution in [-0.2, 0) is 0 Å². The lowest BCUT2D eigenvalue weighted by atomic mass is 9.47. The molecule has 0 saturated heterocycles. The van der Waals surface area contributed by atoms with Crippen molar-refractivity contribution in [3.05, 3.63) is 11.6 Å². The van der Waals surface area contributed by atoms with Crippen molar-refractivity contribution in [2.24, 2.45) is 40.4 Å². The van der Waals surface area contributed by atoms with Crippen molar-refractivity contribution >= 4 is 0 Å². The summed E-state index contributed by atoms with van der Waals surface area (Å²) in [6.07, 6.45) is 14.4. The molecule has 27 heavy (non-hydrogen) atoms. The minimum absolute atomic E-state index is 0.0969. The Kier molecular flexibility index (Phi) is 5.30. The topological polar surface area (TPSA) is 40.5 Å². The molecule has 2 N–H and O–H groups in total. The van der Waals surface area contributed by atoms with Crippen LogP contribution < -0.4 is 0 Å². The van der Waals surface area contributed by atoms with E-state index in [1.54, 1.807) is 5.57 Å². The van der Waals surface area contributed by atoms with Crippen LogP contribution in [0.25, 0.3) is 0 Å². The summed E-state index contributed by atoms with van der Waals surface area (Å²) in [4.78, 5) is 0. The Morgan fingerprint density at radius 3 is 2.56 bits per heavy atom. The molecule has 0 bridgehead atoms. The molecule has 3 fully saturated rings. The minimum atomic E-state index is -0.156. The number of allylic oxidation sites excluding steroid dienone is 1. The molecular formula is C25H42O2. The number of hydrogen-bond donors (Lipinski definition) is 2. The Morgan fingerprint density at radius 1 is 1.04 bits per heavy atom. The maximum atomic E-state index is 10.2. The third-order valence-corrected chi connectivity index (χ3v) is 9.88. The molecule has 154 valence electrons. The van der Waals surface area contributed by atoms with E-state index in [9.17, 15) is 10.2 Å². The van der Waals surface area contributed by atoms with Crippen LogP contribution in [-0.4, -0.2) is 22.4 Å². The quantitative estimate of drug-likeness (QED) is 0.618. The van der Waals surface area contributed by atoms with Crippen molar-refractivity contribution < 1.29 is 10.2 Å². The molecule has 0 radical (unpaired) electrons. The molecule has 0 spiro atoms. The van der Waals surface area contributed by atoms with Crippen LogP contribution in [0, 0.1) is 40.4 Å². The summed E-state index contributed by atoms with van der Waals surface area (Å²) < 4.78 is 0. The Labute approximate surface area is 166 Å². The minimum Gasteiger partial charge on any atom is -0.393 e. The van der Waals surface area contributed by atoms with Gasteiger partial charge in [-0.15, -0.1) is 0 Å². The van der Waals surface area contributed by atoms with Gasteiger partial charge in [-0.1, -0.05) is 32.4 Å². The molecule has 5 unspecified atom stereocenters. The molecule has 0 aromatic heterocycles. The van der Waals surface area contributed by atoms with Crippen LogP contribution in [0.5, 0.6) is 0 Å². The highest BCUT2D eigenvalue weighted by Crippen LogP contribution is 2.67. The second kappa shape index (κ2) is 7.17. The molecule has 9 atom stereocenters. The normalized spacial score (nSPS) is 48.8. The number of rotatable bonds is 4. The van der Waals surface area contributed by atoms with Gasteiger partial charge >= 0.3 is 0 Å². The van der Waals surface area contributed by atoms with Gasteiger partial charge in [0, 0.05) is 0 Å². The molecule has 0 heterocycles. The third kappa shape index (κ3) is 3.23. The summed E-state index contributed by atoms with van der Waals surface area (Å²) in [7, 11) is 0. The van der Waals surface area contributed by atoms with E-state index in [1.165, 1.54) is 44.9 Å². The van der Waals surface area contributed by atoms with Gasteiger partial charge in [-0.3, -0.25) is 0 Å². The highest BCUT2D eigenvalue weighted by Gasteiger charge is 2.59. The van der Waals surface area contributed by atoms with Crippen LogP contribution >= 0.6 is 0 Å². The molecule has 4 aliphatic rings. The average Bonchev–Trinajstić information content (AvgIpc) is 2.97. The third-order valence-electron chi connectivity index (χ3n) is 9.88. The van der Waals surface area contributed by atoms with Crippen molar-refractivity contribution in [2.75, 3.05) is 0 Å². The van der Waals surface area contributed by atoms with Gasteiger partial charge in [0.1, 0.15) is 0 Å². The van der Waals surface area contributed by atoms with Gasteiger partial charge in [0.25, 0.3) is 0 Å². The lowest BCUT2D eigenvalue weighted by Gasteiger charge is -2.58. The fourth-order valence-electron chi connectivity index (χ4n) is 8.32. The van der Waals surface area contributed by atoms with Crippen LogP contribution in [0.15, 0.2) is 11.6 Å². The van der Waals surface area contributed by atoms with E-state index in [0.717, 1.165) is 48.9 Å². The van der Waals surface area contributed by atoms with Gasteiger partial charge in [0.15, 0.2) is 0 Å². The zero-order valence-electron chi connectivity index (χ0n) is 18.1. The fraction of sp³-hybridized carbons (Fsp3) is 0.920. The number of fused-ring (bicyclic) bond motifs is 5. The molecule has 0 aromatic carbocycles. The van der Waals surface area contributed by atoms with Crippen LogP contribution in [0.3, 0.4) is 0 Å². The summed E-state index contributed by atoms with van der Waals surface area (Å²) in [5.41, 5.74) is 2.46. The van der Waals surface area contributed by atoms with E-state index in [1.807, 2.05) is 6.92 Å². The van der Waals surface area contributed by atoms with Crippen LogP contribution in [0.2, 0.25) is 0 Å². The Morgan fingerprint density at radius 2 is 1.81 bits per heavy atom. The van der Waals surface area contributed by atoms with Gasteiger partial charge < -0.3 is 10.2 Å². The van der Waals surface area contributed by atoms with E-state index < -0.39 is 0 Å². The first-order valence-corrected chi connectivity index (χ1v) is 11.8. The first-order chi connectivity index (χ1) is 12.8. The largest absolute Gasteiger partial charge is 0.393 e. The van der Waals surface area contributed by atoms with Crippen molar-refractivity contribution in [3.63, 3.8) is 0 Å². The maximum Gasteiger partial charge on any atom is 0.0577 e. The summed E-state index contributed by atoms with van der Waals surface area (Å²) in [5.74, 6) is 4.17. The summed E-state index contributed by atoms with van der Waals surface area (Å²) in [6, 6.07) is 0. The SMILES string of the molecule is CC(O)CCC(C)[C@H]1CCC2C3CC=C4C[C@@H](O)CC[C@]4(C)C3CC[C@@]21C. The van der Waals surface area contributed by atoms with Crippen LogP contribution in [0.1, 0.15) is 91.9 Å². The molecule has 2 heteroatoms. The van der Waals surface area contributed by atoms with Crippen molar-refractivity contribution in [3.8, 4) is 0 Å². The van der Waals surface area contributed by atoms with Crippen molar-refractivity contribution in [1.82, 2.24) is 0 Å². The Balaban J connectivity index is 1.53.